The van der Waals surface area contributed by atoms with Gasteiger partial charge in [0.15, 0.2) is 0 Å². The summed E-state index contributed by atoms with van der Waals surface area (Å²) < 4.78 is 5.32. The summed E-state index contributed by atoms with van der Waals surface area (Å²) in [4.78, 5) is 24.5. The first kappa shape index (κ1) is 28.1. The fraction of sp³-hybridized carbons (Fsp3) is 0.306. The molecule has 8 heteroatoms. The van der Waals surface area contributed by atoms with Crippen LogP contribution in [0.25, 0.3) is 22.2 Å². The van der Waals surface area contributed by atoms with E-state index >= 15 is 0 Å². The van der Waals surface area contributed by atoms with Crippen LogP contribution in [0.5, 0.6) is 5.75 Å². The molecule has 1 aliphatic carbocycles. The molecule has 0 N–H and O–H groups in total. The number of carbonyl (C=O) groups excluding carboxylic acids is 1. The zero-order valence-electron chi connectivity index (χ0n) is 25.0. The minimum Gasteiger partial charge on any atom is -0.497 e. The zero-order chi connectivity index (χ0) is 29.9. The molecule has 44 heavy (non-hydrogen) atoms. The molecule has 1 saturated heterocycles. The van der Waals surface area contributed by atoms with Crippen molar-refractivity contribution in [3.63, 3.8) is 0 Å². The molecule has 0 unspecified atom stereocenters. The van der Waals surface area contributed by atoms with Crippen molar-refractivity contribution in [1.82, 2.24) is 20.1 Å². The molecule has 0 amide bonds. The number of nitrogens with zero attached hydrogens (tertiary/aromatic N) is 5. The van der Waals surface area contributed by atoms with Crippen LogP contribution in [0.4, 0.5) is 5.69 Å². The lowest BCUT2D eigenvalue weighted by molar-refractivity contribution is 0.0409. The molecule has 0 radical (unpaired) electrons. The molecule has 1 aliphatic heterocycles. The van der Waals surface area contributed by atoms with Crippen LogP contribution in [0.2, 0.25) is 0 Å². The molecule has 1 saturated carbocycles. The van der Waals surface area contributed by atoms with Gasteiger partial charge < -0.3 is 14.5 Å². The molecule has 0 spiro atoms. The van der Waals surface area contributed by atoms with E-state index in [-0.39, 0.29) is 0 Å². The number of hydrogen-bond donors (Lipinski definition) is 0. The number of carbonyl (C=O) groups is 1. The number of methoxy groups -OCH3 is 1. The van der Waals surface area contributed by atoms with E-state index in [0.717, 1.165) is 43.1 Å². The average molecular weight is 588 g/mol. The van der Waals surface area contributed by atoms with Crippen LogP contribution in [0.15, 0.2) is 97.1 Å². The highest BCUT2D eigenvalue weighted by Crippen LogP contribution is 2.36. The molecule has 0 bridgehead atoms. The van der Waals surface area contributed by atoms with Crippen molar-refractivity contribution in [2.24, 2.45) is 0 Å². The van der Waals surface area contributed by atoms with Crippen molar-refractivity contribution < 1.29 is 14.4 Å². The van der Waals surface area contributed by atoms with Crippen LogP contribution in [0.3, 0.4) is 0 Å². The Balaban J connectivity index is 0.904. The van der Waals surface area contributed by atoms with Crippen LogP contribution in [0.1, 0.15) is 47.5 Å². The number of hydrogen-bond acceptors (Lipinski definition) is 7. The molecule has 0 atom stereocenters. The van der Waals surface area contributed by atoms with Crippen molar-refractivity contribution in [3.05, 3.63) is 108 Å². The Bertz CT molecular complexity index is 1700. The summed E-state index contributed by atoms with van der Waals surface area (Å²) in [6.45, 7) is 4.33. The number of fused-ring (bicyclic) bond motifs is 1. The standard InChI is InChI=1S/C36H37N5O3/c1-43-33-20-14-29(15-21-33)28-12-18-32(19-13-28)40-24-22-39(23-25-40)31-16-10-27(11-17-31)26-6-8-30(9-7-26)36(42)44-41-35-5-3-2-4-34(35)37-38-41/h2-11,14-17,20-21,28,32H,12-13,18-19,22-25H2,1H3. The molecule has 8 nitrogen and oxygen atoms in total. The summed E-state index contributed by atoms with van der Waals surface area (Å²) in [5.41, 5.74) is 6.65. The summed E-state index contributed by atoms with van der Waals surface area (Å²) in [6.07, 6.45) is 5.08. The maximum Gasteiger partial charge on any atom is 0.365 e. The largest absolute Gasteiger partial charge is 0.497 e. The van der Waals surface area contributed by atoms with Gasteiger partial charge in [0.2, 0.25) is 0 Å². The lowest BCUT2D eigenvalue weighted by Gasteiger charge is -2.42. The van der Waals surface area contributed by atoms with Gasteiger partial charge in [-0.05, 0) is 102 Å². The normalized spacial score (nSPS) is 19.2. The van der Waals surface area contributed by atoms with Gasteiger partial charge in [0.25, 0.3) is 0 Å². The number of aromatic nitrogens is 3. The van der Waals surface area contributed by atoms with Gasteiger partial charge in [-0.2, -0.15) is 0 Å². The van der Waals surface area contributed by atoms with E-state index in [1.165, 1.54) is 41.8 Å². The quantitative estimate of drug-likeness (QED) is 0.209. The maximum absolute atomic E-state index is 12.7. The average Bonchev–Trinajstić information content (AvgIpc) is 3.51. The number of benzene rings is 4. The SMILES string of the molecule is COc1ccc(C2CCC(N3CCN(c4ccc(-c5ccc(C(=O)On6nnc7ccccc76)cc5)cc4)CC3)CC2)cc1. The van der Waals surface area contributed by atoms with Gasteiger partial charge in [0.05, 0.1) is 12.7 Å². The first-order valence-electron chi connectivity index (χ1n) is 15.5. The predicted molar refractivity (Wildman–Crippen MR) is 172 cm³/mol. The minimum atomic E-state index is -0.480. The Labute approximate surface area is 257 Å². The van der Waals surface area contributed by atoms with Gasteiger partial charge in [-0.15, -0.1) is 5.10 Å². The van der Waals surface area contributed by atoms with E-state index in [2.05, 4.69) is 68.6 Å². The molecule has 2 fully saturated rings. The van der Waals surface area contributed by atoms with Crippen molar-refractivity contribution in [3.8, 4) is 16.9 Å². The maximum atomic E-state index is 12.7. The molecule has 2 heterocycles. The minimum absolute atomic E-state index is 0.456. The number of para-hydroxylation sites is 1. The second-order valence-electron chi connectivity index (χ2n) is 11.8. The number of ether oxygens (including phenoxy) is 1. The Kier molecular flexibility index (Phi) is 7.99. The highest BCUT2D eigenvalue weighted by molar-refractivity contribution is 5.90. The molecule has 5 aromatic rings. The number of anilines is 1. The summed E-state index contributed by atoms with van der Waals surface area (Å²) >= 11 is 0. The Morgan fingerprint density at radius 1 is 0.750 bits per heavy atom. The van der Waals surface area contributed by atoms with Crippen LogP contribution in [0, 0.1) is 0 Å². The number of rotatable bonds is 7. The molecule has 224 valence electrons. The van der Waals surface area contributed by atoms with Gasteiger partial charge in [0.1, 0.15) is 16.8 Å². The third kappa shape index (κ3) is 5.90. The second-order valence-corrected chi connectivity index (χ2v) is 11.8. The van der Waals surface area contributed by atoms with E-state index in [9.17, 15) is 4.79 Å². The Morgan fingerprint density at radius 3 is 2.09 bits per heavy atom. The van der Waals surface area contributed by atoms with E-state index < -0.39 is 5.97 Å². The van der Waals surface area contributed by atoms with Crippen LogP contribution < -0.4 is 14.5 Å². The number of piperazine rings is 1. The van der Waals surface area contributed by atoms with Crippen molar-refractivity contribution >= 4 is 22.7 Å². The third-order valence-electron chi connectivity index (χ3n) is 9.29. The molecular weight excluding hydrogens is 550 g/mol. The fourth-order valence-corrected chi connectivity index (χ4v) is 6.71. The van der Waals surface area contributed by atoms with Crippen LogP contribution in [-0.2, 0) is 0 Å². The lowest BCUT2D eigenvalue weighted by Crippen LogP contribution is -2.51. The second kappa shape index (κ2) is 12.5. The predicted octanol–water partition coefficient (Wildman–Crippen LogP) is 6.22. The van der Waals surface area contributed by atoms with E-state index in [0.29, 0.717) is 28.6 Å². The molecule has 2 aliphatic rings. The molecule has 7 rings (SSSR count). The highest BCUT2D eigenvalue weighted by Gasteiger charge is 2.29. The summed E-state index contributed by atoms with van der Waals surface area (Å²) in [5.74, 6) is 1.12. The molecule has 1 aromatic heterocycles. The van der Waals surface area contributed by atoms with Gasteiger partial charge in [-0.1, -0.05) is 53.4 Å². The smallest absolute Gasteiger partial charge is 0.365 e. The first-order chi connectivity index (χ1) is 21.6. The van der Waals surface area contributed by atoms with Gasteiger partial charge >= 0.3 is 5.97 Å². The van der Waals surface area contributed by atoms with Crippen molar-refractivity contribution in [1.29, 1.82) is 0 Å². The van der Waals surface area contributed by atoms with Gasteiger partial charge in [0, 0.05) is 37.9 Å². The topological polar surface area (TPSA) is 72.7 Å². The lowest BCUT2D eigenvalue weighted by atomic mass is 9.81. The summed E-state index contributed by atoms with van der Waals surface area (Å²) in [5, 5.41) is 7.96. The Morgan fingerprint density at radius 2 is 1.41 bits per heavy atom. The van der Waals surface area contributed by atoms with Gasteiger partial charge in [-0.3, -0.25) is 4.90 Å². The van der Waals surface area contributed by atoms with E-state index in [1.807, 2.05) is 36.4 Å². The Hall–Kier alpha value is -4.69. The summed E-state index contributed by atoms with van der Waals surface area (Å²) in [6, 6.07) is 32.9. The van der Waals surface area contributed by atoms with E-state index in [1.54, 1.807) is 19.2 Å². The monoisotopic (exact) mass is 587 g/mol. The van der Waals surface area contributed by atoms with E-state index in [4.69, 9.17) is 9.57 Å². The van der Waals surface area contributed by atoms with Gasteiger partial charge in [-0.25, -0.2) is 4.79 Å². The zero-order valence-corrected chi connectivity index (χ0v) is 25.0. The summed E-state index contributed by atoms with van der Waals surface area (Å²) in [7, 11) is 1.72. The van der Waals surface area contributed by atoms with Crippen molar-refractivity contribution in [2.45, 2.75) is 37.6 Å². The fourth-order valence-electron chi connectivity index (χ4n) is 6.71. The van der Waals surface area contributed by atoms with Crippen LogP contribution >= 0.6 is 0 Å². The van der Waals surface area contributed by atoms with Crippen molar-refractivity contribution in [2.75, 3.05) is 38.2 Å². The molecule has 4 aromatic carbocycles. The first-order valence-corrected chi connectivity index (χ1v) is 15.5. The van der Waals surface area contributed by atoms with Crippen LogP contribution in [-0.4, -0.2) is 65.4 Å². The third-order valence-corrected chi connectivity index (χ3v) is 9.29. The highest BCUT2D eigenvalue weighted by atomic mass is 16.7. The molecular formula is C36H37N5O3.